The SMILES string of the molecule is [NH3+][C@@H](CCCCNC(=O)OCc1ccc([N+](=O)[O-])cc1)C(=O)N1CCCC1. The van der Waals surface area contributed by atoms with Crippen LogP contribution in [0.25, 0.3) is 0 Å². The number of quaternary nitrogens is 1. The molecule has 1 aromatic carbocycles. The van der Waals surface area contributed by atoms with Crippen LogP contribution in [0.2, 0.25) is 0 Å². The van der Waals surface area contributed by atoms with Gasteiger partial charge in [0.15, 0.2) is 6.04 Å². The summed E-state index contributed by atoms with van der Waals surface area (Å²) in [5, 5.41) is 13.2. The molecule has 0 spiro atoms. The van der Waals surface area contributed by atoms with E-state index < -0.39 is 11.0 Å². The average molecular weight is 379 g/mol. The van der Waals surface area contributed by atoms with Crippen molar-refractivity contribution in [2.75, 3.05) is 19.6 Å². The molecular weight excluding hydrogens is 352 g/mol. The molecule has 2 rings (SSSR count). The lowest BCUT2D eigenvalue weighted by molar-refractivity contribution is -0.407. The number of nitrogens with zero attached hydrogens (tertiary/aromatic N) is 2. The number of nitro groups is 1. The molecule has 1 aliphatic rings. The van der Waals surface area contributed by atoms with Gasteiger partial charge in [-0.15, -0.1) is 0 Å². The molecule has 0 aromatic heterocycles. The van der Waals surface area contributed by atoms with Crippen molar-refractivity contribution in [2.24, 2.45) is 0 Å². The van der Waals surface area contributed by atoms with Gasteiger partial charge >= 0.3 is 6.09 Å². The van der Waals surface area contributed by atoms with E-state index in [1.807, 2.05) is 4.90 Å². The standard InChI is InChI=1S/C18H26N4O5/c19-16(17(23)21-11-3-4-12-21)5-1-2-10-20-18(24)27-13-14-6-8-15(9-7-14)22(25)26/h6-9,16H,1-5,10-13,19H2,(H,20,24)/p+1/t16-/m0/s1. The van der Waals surface area contributed by atoms with Crippen molar-refractivity contribution >= 4 is 17.7 Å². The second-order valence-electron chi connectivity index (χ2n) is 6.65. The molecule has 1 aliphatic heterocycles. The lowest BCUT2D eigenvalue weighted by Crippen LogP contribution is -2.67. The summed E-state index contributed by atoms with van der Waals surface area (Å²) in [6, 6.07) is 5.62. The maximum Gasteiger partial charge on any atom is 0.407 e. The number of amides is 2. The Morgan fingerprint density at radius 1 is 1.22 bits per heavy atom. The van der Waals surface area contributed by atoms with E-state index >= 15 is 0 Å². The highest BCUT2D eigenvalue weighted by Gasteiger charge is 2.25. The fourth-order valence-corrected chi connectivity index (χ4v) is 2.94. The van der Waals surface area contributed by atoms with Crippen LogP contribution in [0.5, 0.6) is 0 Å². The van der Waals surface area contributed by atoms with Gasteiger partial charge in [0.25, 0.3) is 11.6 Å². The molecule has 148 valence electrons. The first-order valence-corrected chi connectivity index (χ1v) is 9.23. The fourth-order valence-electron chi connectivity index (χ4n) is 2.94. The summed E-state index contributed by atoms with van der Waals surface area (Å²) in [4.78, 5) is 35.8. The summed E-state index contributed by atoms with van der Waals surface area (Å²) in [6.07, 6.45) is 3.86. The van der Waals surface area contributed by atoms with Gasteiger partial charge in [0, 0.05) is 38.2 Å². The Kier molecular flexibility index (Phi) is 8.00. The molecule has 0 radical (unpaired) electrons. The molecule has 1 aromatic rings. The second kappa shape index (κ2) is 10.5. The molecule has 4 N–H and O–H groups in total. The number of alkyl carbamates (subject to hydrolysis) is 1. The van der Waals surface area contributed by atoms with Crippen LogP contribution in [-0.2, 0) is 16.1 Å². The summed E-state index contributed by atoms with van der Waals surface area (Å²) in [5.74, 6) is 0.128. The first kappa shape index (κ1) is 20.6. The first-order chi connectivity index (χ1) is 13.0. The number of ether oxygens (including phenoxy) is 1. The minimum atomic E-state index is -0.535. The number of carbonyl (C=O) groups is 2. The van der Waals surface area contributed by atoms with E-state index in [0.717, 1.165) is 38.8 Å². The van der Waals surface area contributed by atoms with Crippen LogP contribution in [-0.4, -0.2) is 47.5 Å². The van der Waals surface area contributed by atoms with Crippen molar-refractivity contribution in [2.45, 2.75) is 44.8 Å². The molecule has 1 heterocycles. The van der Waals surface area contributed by atoms with E-state index in [-0.39, 0.29) is 24.2 Å². The molecule has 0 unspecified atom stereocenters. The van der Waals surface area contributed by atoms with Crippen molar-refractivity contribution in [3.05, 3.63) is 39.9 Å². The fraction of sp³-hybridized carbons (Fsp3) is 0.556. The van der Waals surface area contributed by atoms with Crippen molar-refractivity contribution in [1.82, 2.24) is 10.2 Å². The van der Waals surface area contributed by atoms with Crippen LogP contribution in [0.1, 0.15) is 37.7 Å². The van der Waals surface area contributed by atoms with Gasteiger partial charge in [0.1, 0.15) is 6.61 Å². The number of benzene rings is 1. The Hall–Kier alpha value is -2.68. The van der Waals surface area contributed by atoms with Crippen molar-refractivity contribution in [3.8, 4) is 0 Å². The predicted molar refractivity (Wildman–Crippen MR) is 97.6 cm³/mol. The van der Waals surface area contributed by atoms with Crippen molar-refractivity contribution in [1.29, 1.82) is 0 Å². The molecule has 9 nitrogen and oxygen atoms in total. The molecule has 2 amide bonds. The number of rotatable bonds is 9. The molecule has 0 bridgehead atoms. The molecule has 0 aliphatic carbocycles. The second-order valence-corrected chi connectivity index (χ2v) is 6.65. The smallest absolute Gasteiger partial charge is 0.407 e. The highest BCUT2D eigenvalue weighted by atomic mass is 16.6. The number of nitrogens with one attached hydrogen (secondary N) is 1. The van der Waals surface area contributed by atoms with Gasteiger partial charge in [-0.1, -0.05) is 0 Å². The van der Waals surface area contributed by atoms with E-state index in [4.69, 9.17) is 4.74 Å². The Morgan fingerprint density at radius 2 is 1.89 bits per heavy atom. The molecule has 1 saturated heterocycles. The third-order valence-corrected chi connectivity index (χ3v) is 4.53. The summed E-state index contributed by atoms with van der Waals surface area (Å²) < 4.78 is 5.07. The zero-order valence-electron chi connectivity index (χ0n) is 15.4. The van der Waals surface area contributed by atoms with Gasteiger partial charge in [0.2, 0.25) is 0 Å². The van der Waals surface area contributed by atoms with E-state index in [0.29, 0.717) is 18.5 Å². The average Bonchev–Trinajstić information content (AvgIpc) is 3.20. The van der Waals surface area contributed by atoms with Crippen LogP contribution in [0.3, 0.4) is 0 Å². The van der Waals surface area contributed by atoms with E-state index in [1.54, 1.807) is 12.1 Å². The van der Waals surface area contributed by atoms with Crippen molar-refractivity contribution < 1.29 is 25.0 Å². The minimum Gasteiger partial charge on any atom is -0.445 e. The van der Waals surface area contributed by atoms with E-state index in [2.05, 4.69) is 11.1 Å². The zero-order valence-corrected chi connectivity index (χ0v) is 15.4. The van der Waals surface area contributed by atoms with Gasteiger partial charge in [-0.3, -0.25) is 14.9 Å². The largest absolute Gasteiger partial charge is 0.445 e. The Labute approximate surface area is 158 Å². The Bertz CT molecular complexity index is 644. The Morgan fingerprint density at radius 3 is 2.52 bits per heavy atom. The maximum atomic E-state index is 12.1. The lowest BCUT2D eigenvalue weighted by atomic mass is 10.1. The predicted octanol–water partition coefficient (Wildman–Crippen LogP) is 1.22. The molecule has 1 fully saturated rings. The number of carbonyl (C=O) groups excluding carboxylic acids is 2. The number of likely N-dealkylation sites (tertiary alicyclic amines) is 1. The van der Waals surface area contributed by atoms with Gasteiger partial charge in [-0.2, -0.15) is 0 Å². The first-order valence-electron chi connectivity index (χ1n) is 9.23. The topological polar surface area (TPSA) is 129 Å². The number of hydrogen-bond acceptors (Lipinski definition) is 5. The van der Waals surface area contributed by atoms with Crippen LogP contribution in [0.4, 0.5) is 10.5 Å². The minimum absolute atomic E-state index is 0.00451. The quantitative estimate of drug-likeness (QED) is 0.379. The third kappa shape index (κ3) is 6.86. The summed E-state index contributed by atoms with van der Waals surface area (Å²) in [7, 11) is 0. The number of nitro benzene ring substituents is 1. The molecule has 27 heavy (non-hydrogen) atoms. The molecule has 0 saturated carbocycles. The van der Waals surface area contributed by atoms with Gasteiger partial charge in [-0.25, -0.2) is 4.79 Å². The van der Waals surface area contributed by atoms with Gasteiger partial charge < -0.3 is 20.7 Å². The van der Waals surface area contributed by atoms with Crippen LogP contribution < -0.4 is 11.1 Å². The Balaban J connectivity index is 1.55. The summed E-state index contributed by atoms with van der Waals surface area (Å²) in [6.45, 7) is 2.19. The lowest BCUT2D eigenvalue weighted by Gasteiger charge is -2.17. The van der Waals surface area contributed by atoms with Gasteiger partial charge in [-0.05, 0) is 43.4 Å². The zero-order chi connectivity index (χ0) is 19.6. The molecule has 1 atom stereocenters. The van der Waals surface area contributed by atoms with Crippen LogP contribution in [0.15, 0.2) is 24.3 Å². The number of hydrogen-bond donors (Lipinski definition) is 2. The maximum absolute atomic E-state index is 12.1. The van der Waals surface area contributed by atoms with Crippen LogP contribution >= 0.6 is 0 Å². The van der Waals surface area contributed by atoms with Gasteiger partial charge in [0.05, 0.1) is 4.92 Å². The highest BCUT2D eigenvalue weighted by molar-refractivity contribution is 5.80. The van der Waals surface area contributed by atoms with Crippen molar-refractivity contribution in [3.63, 3.8) is 0 Å². The molecule has 9 heteroatoms. The summed E-state index contributed by atoms with van der Waals surface area (Å²) >= 11 is 0. The van der Waals surface area contributed by atoms with Crippen LogP contribution in [0, 0.1) is 10.1 Å². The third-order valence-electron chi connectivity index (χ3n) is 4.53. The highest BCUT2D eigenvalue weighted by Crippen LogP contribution is 2.12. The number of non-ortho nitro benzene ring substituents is 1. The normalized spacial score (nSPS) is 14.6. The summed E-state index contributed by atoms with van der Waals surface area (Å²) in [5.41, 5.74) is 4.62. The monoisotopic (exact) mass is 379 g/mol. The molecular formula is C18H27N4O5+. The van der Waals surface area contributed by atoms with E-state index in [9.17, 15) is 19.7 Å². The van der Waals surface area contributed by atoms with E-state index in [1.165, 1.54) is 12.1 Å². The number of unbranched alkanes of at least 4 members (excludes halogenated alkanes) is 1.